The average Bonchev–Trinajstić information content (AvgIpc) is 2.51. The van der Waals surface area contributed by atoms with Crippen LogP contribution in [0.4, 0.5) is 5.13 Å². The van der Waals surface area contributed by atoms with Crippen molar-refractivity contribution in [2.45, 2.75) is 26.0 Å². The number of hydrogen-bond donors (Lipinski definition) is 1. The van der Waals surface area contributed by atoms with E-state index in [1.54, 1.807) is 13.8 Å². The zero-order valence-corrected chi connectivity index (χ0v) is 10.3. The Morgan fingerprint density at radius 1 is 1.53 bits per heavy atom. The van der Waals surface area contributed by atoms with Crippen molar-refractivity contribution in [2.24, 2.45) is 0 Å². The van der Waals surface area contributed by atoms with E-state index in [4.69, 9.17) is 0 Å². The van der Waals surface area contributed by atoms with Gasteiger partial charge in [0.05, 0.1) is 5.25 Å². The molecule has 0 fully saturated rings. The smallest absolute Gasteiger partial charge is 0.236 e. The van der Waals surface area contributed by atoms with Crippen molar-refractivity contribution < 1.29 is 13.2 Å². The Hall–Kier alpha value is -0.950. The van der Waals surface area contributed by atoms with Crippen LogP contribution in [0.1, 0.15) is 31.3 Å². The van der Waals surface area contributed by atoms with Gasteiger partial charge < -0.3 is 0 Å². The first-order valence-corrected chi connectivity index (χ1v) is 6.73. The molecule has 5 nitrogen and oxygen atoms in total. The van der Waals surface area contributed by atoms with Crippen molar-refractivity contribution in [3.05, 3.63) is 11.1 Å². The molecule has 15 heavy (non-hydrogen) atoms. The Labute approximate surface area is 92.6 Å². The minimum atomic E-state index is -3.38. The fourth-order valence-electron chi connectivity index (χ4n) is 0.722. The van der Waals surface area contributed by atoms with Crippen LogP contribution in [0.3, 0.4) is 0 Å². The maximum atomic E-state index is 11.4. The molecule has 1 aromatic heterocycles. The van der Waals surface area contributed by atoms with Crippen molar-refractivity contribution in [1.82, 2.24) is 4.98 Å². The molecule has 1 heterocycles. The molecule has 84 valence electrons. The van der Waals surface area contributed by atoms with E-state index in [2.05, 4.69) is 9.71 Å². The minimum Gasteiger partial charge on any atom is -0.293 e. The SMILES string of the molecule is CC(=O)c1csc(NS(=O)(=O)C(C)C)n1. The summed E-state index contributed by atoms with van der Waals surface area (Å²) in [5.74, 6) is -0.179. The minimum absolute atomic E-state index is 0.179. The summed E-state index contributed by atoms with van der Waals surface area (Å²) in [5.41, 5.74) is 0.279. The van der Waals surface area contributed by atoms with Gasteiger partial charge in [-0.25, -0.2) is 13.4 Å². The first-order valence-electron chi connectivity index (χ1n) is 4.31. The number of aromatic nitrogens is 1. The Bertz CT molecular complexity index is 462. The van der Waals surface area contributed by atoms with E-state index in [0.29, 0.717) is 0 Å². The third-order valence-electron chi connectivity index (χ3n) is 1.72. The first-order chi connectivity index (χ1) is 6.83. The molecule has 0 aliphatic heterocycles. The molecular formula is C8H12N2O3S2. The summed E-state index contributed by atoms with van der Waals surface area (Å²) in [5, 5.41) is 1.23. The van der Waals surface area contributed by atoms with Gasteiger partial charge in [-0.2, -0.15) is 0 Å². The standard InChI is InChI=1S/C8H12N2O3S2/c1-5(2)15(12,13)10-8-9-7(4-14-8)6(3)11/h4-5H,1-3H3,(H,9,10). The van der Waals surface area contributed by atoms with Crippen molar-refractivity contribution in [3.8, 4) is 0 Å². The number of nitrogens with zero attached hydrogens (tertiary/aromatic N) is 1. The van der Waals surface area contributed by atoms with Crippen LogP contribution in [0.15, 0.2) is 5.38 Å². The molecule has 0 radical (unpaired) electrons. The molecule has 0 amide bonds. The zero-order valence-electron chi connectivity index (χ0n) is 8.64. The summed E-state index contributed by atoms with van der Waals surface area (Å²) in [6, 6.07) is 0. The van der Waals surface area contributed by atoms with Gasteiger partial charge in [0, 0.05) is 12.3 Å². The van der Waals surface area contributed by atoms with Crippen LogP contribution in [0.25, 0.3) is 0 Å². The Morgan fingerprint density at radius 3 is 2.53 bits per heavy atom. The number of ketones is 1. The fraction of sp³-hybridized carbons (Fsp3) is 0.500. The van der Waals surface area contributed by atoms with Gasteiger partial charge in [0.15, 0.2) is 10.9 Å². The van der Waals surface area contributed by atoms with Gasteiger partial charge in [0.25, 0.3) is 0 Å². The van der Waals surface area contributed by atoms with Crippen LogP contribution in [-0.2, 0) is 10.0 Å². The van der Waals surface area contributed by atoms with Gasteiger partial charge >= 0.3 is 0 Å². The molecule has 0 atom stereocenters. The number of thiazole rings is 1. The van der Waals surface area contributed by atoms with Gasteiger partial charge in [-0.15, -0.1) is 11.3 Å². The summed E-state index contributed by atoms with van der Waals surface area (Å²) < 4.78 is 25.2. The quantitative estimate of drug-likeness (QED) is 0.819. The Balaban J connectivity index is 2.87. The molecule has 7 heteroatoms. The number of Topliss-reactive ketones (excluding diaryl/α,β-unsaturated/α-hetero) is 1. The molecule has 0 aromatic carbocycles. The number of rotatable bonds is 4. The van der Waals surface area contributed by atoms with E-state index < -0.39 is 15.3 Å². The molecular weight excluding hydrogens is 236 g/mol. The lowest BCUT2D eigenvalue weighted by Gasteiger charge is -2.07. The van der Waals surface area contributed by atoms with E-state index in [-0.39, 0.29) is 16.6 Å². The number of sulfonamides is 1. The molecule has 0 saturated heterocycles. The van der Waals surface area contributed by atoms with Crippen LogP contribution < -0.4 is 4.72 Å². The van der Waals surface area contributed by atoms with Crippen molar-refractivity contribution in [1.29, 1.82) is 0 Å². The van der Waals surface area contributed by atoms with Gasteiger partial charge in [0.2, 0.25) is 10.0 Å². The maximum absolute atomic E-state index is 11.4. The molecule has 0 saturated carbocycles. The molecule has 0 aliphatic rings. The van der Waals surface area contributed by atoms with Crippen molar-refractivity contribution >= 4 is 32.3 Å². The lowest BCUT2D eigenvalue weighted by molar-refractivity contribution is 0.101. The van der Waals surface area contributed by atoms with Crippen LogP contribution >= 0.6 is 11.3 Å². The highest BCUT2D eigenvalue weighted by molar-refractivity contribution is 7.93. The number of carbonyl (C=O) groups is 1. The average molecular weight is 248 g/mol. The fourth-order valence-corrected chi connectivity index (χ4v) is 2.38. The lowest BCUT2D eigenvalue weighted by Crippen LogP contribution is -2.22. The van der Waals surface area contributed by atoms with Gasteiger partial charge in [-0.1, -0.05) is 0 Å². The van der Waals surface area contributed by atoms with Crippen molar-refractivity contribution in [2.75, 3.05) is 4.72 Å². The molecule has 1 aromatic rings. The molecule has 1 N–H and O–H groups in total. The number of anilines is 1. The Morgan fingerprint density at radius 2 is 2.13 bits per heavy atom. The van der Waals surface area contributed by atoms with E-state index in [9.17, 15) is 13.2 Å². The predicted molar refractivity (Wildman–Crippen MR) is 59.8 cm³/mol. The highest BCUT2D eigenvalue weighted by Gasteiger charge is 2.17. The van der Waals surface area contributed by atoms with E-state index in [1.165, 1.54) is 12.3 Å². The Kier molecular flexibility index (Phi) is 3.46. The van der Waals surface area contributed by atoms with Crippen LogP contribution in [0, 0.1) is 0 Å². The molecule has 0 unspecified atom stereocenters. The summed E-state index contributed by atoms with van der Waals surface area (Å²) in [4.78, 5) is 14.8. The van der Waals surface area contributed by atoms with E-state index >= 15 is 0 Å². The van der Waals surface area contributed by atoms with E-state index in [1.807, 2.05) is 0 Å². The number of carbonyl (C=O) groups excluding carboxylic acids is 1. The highest BCUT2D eigenvalue weighted by Crippen LogP contribution is 2.18. The number of nitrogens with one attached hydrogen (secondary N) is 1. The summed E-state index contributed by atoms with van der Waals surface area (Å²) >= 11 is 1.10. The van der Waals surface area contributed by atoms with E-state index in [0.717, 1.165) is 11.3 Å². The monoisotopic (exact) mass is 248 g/mol. The predicted octanol–water partition coefficient (Wildman–Crippen LogP) is 1.50. The van der Waals surface area contributed by atoms with Crippen molar-refractivity contribution in [3.63, 3.8) is 0 Å². The summed E-state index contributed by atoms with van der Waals surface area (Å²) in [7, 11) is -3.38. The second-order valence-corrected chi connectivity index (χ2v) is 6.38. The summed E-state index contributed by atoms with van der Waals surface area (Å²) in [6.45, 7) is 4.53. The lowest BCUT2D eigenvalue weighted by atomic mass is 10.4. The molecule has 0 bridgehead atoms. The first kappa shape index (κ1) is 12.1. The normalized spacial score (nSPS) is 11.7. The molecule has 0 spiro atoms. The summed E-state index contributed by atoms with van der Waals surface area (Å²) in [6.07, 6.45) is 0. The second-order valence-electron chi connectivity index (χ2n) is 3.29. The molecule has 0 aliphatic carbocycles. The maximum Gasteiger partial charge on any atom is 0.236 e. The second kappa shape index (κ2) is 4.28. The molecule has 1 rings (SSSR count). The zero-order chi connectivity index (χ0) is 11.6. The highest BCUT2D eigenvalue weighted by atomic mass is 32.2. The van der Waals surface area contributed by atoms with Crippen LogP contribution in [0.5, 0.6) is 0 Å². The van der Waals surface area contributed by atoms with Gasteiger partial charge in [0.1, 0.15) is 5.69 Å². The van der Waals surface area contributed by atoms with Gasteiger partial charge in [-0.05, 0) is 13.8 Å². The number of hydrogen-bond acceptors (Lipinski definition) is 5. The van der Waals surface area contributed by atoms with Crippen LogP contribution in [-0.4, -0.2) is 24.4 Å². The third-order valence-corrected chi connectivity index (χ3v) is 4.32. The topological polar surface area (TPSA) is 76.1 Å². The largest absolute Gasteiger partial charge is 0.293 e. The van der Waals surface area contributed by atoms with Crippen LogP contribution in [0.2, 0.25) is 0 Å². The third kappa shape index (κ3) is 3.00. The van der Waals surface area contributed by atoms with Gasteiger partial charge in [-0.3, -0.25) is 9.52 Å².